The van der Waals surface area contributed by atoms with Crippen molar-refractivity contribution >= 4 is 0 Å². The highest BCUT2D eigenvalue weighted by atomic mass is 15.3. The smallest absolute Gasteiger partial charge is 0.156 e. The van der Waals surface area contributed by atoms with Gasteiger partial charge in [-0.05, 0) is 6.42 Å². The molecule has 1 aromatic rings. The Labute approximate surface area is 96.6 Å². The third-order valence-electron chi connectivity index (χ3n) is 2.92. The molecular weight excluding hydrogens is 200 g/mol. The predicted molar refractivity (Wildman–Crippen MR) is 64.2 cm³/mol. The van der Waals surface area contributed by atoms with Gasteiger partial charge in [-0.1, -0.05) is 32.9 Å². The summed E-state index contributed by atoms with van der Waals surface area (Å²) in [7, 11) is 1.95. The van der Waals surface area contributed by atoms with Crippen molar-refractivity contribution in [2.75, 3.05) is 0 Å². The van der Waals surface area contributed by atoms with Crippen molar-refractivity contribution in [1.82, 2.24) is 14.8 Å². The van der Waals surface area contributed by atoms with Crippen molar-refractivity contribution < 1.29 is 0 Å². The van der Waals surface area contributed by atoms with E-state index in [0.29, 0.717) is 5.92 Å². The summed E-state index contributed by atoms with van der Waals surface area (Å²) in [6.45, 7) is 6.38. The van der Waals surface area contributed by atoms with Gasteiger partial charge in [0.25, 0.3) is 0 Å². The number of nitrogens with zero attached hydrogens (tertiary/aromatic N) is 3. The molecule has 4 heteroatoms. The van der Waals surface area contributed by atoms with Crippen LogP contribution in [0.1, 0.15) is 44.8 Å². The number of hydrogen-bond donors (Lipinski definition) is 1. The molecule has 1 heterocycles. The fourth-order valence-electron chi connectivity index (χ4n) is 1.96. The van der Waals surface area contributed by atoms with E-state index >= 15 is 0 Å². The number of hydrogen-bond acceptors (Lipinski definition) is 3. The number of rotatable bonds is 1. The summed E-state index contributed by atoms with van der Waals surface area (Å²) in [5.74, 6) is 2.25. The molecule has 2 rings (SSSR count). The van der Waals surface area contributed by atoms with Crippen molar-refractivity contribution in [2.24, 2.45) is 12.8 Å². The molecule has 1 aromatic heterocycles. The molecule has 1 aliphatic rings. The van der Waals surface area contributed by atoms with Crippen molar-refractivity contribution in [3.05, 3.63) is 23.8 Å². The van der Waals surface area contributed by atoms with E-state index in [2.05, 4.69) is 43.0 Å². The van der Waals surface area contributed by atoms with E-state index in [1.165, 1.54) is 0 Å². The second kappa shape index (κ2) is 3.70. The second-order valence-electron chi connectivity index (χ2n) is 5.56. The third-order valence-corrected chi connectivity index (χ3v) is 2.92. The minimum absolute atomic E-state index is 0.000441. The molecule has 88 valence electrons. The molecule has 2 atom stereocenters. The van der Waals surface area contributed by atoms with Gasteiger partial charge in [-0.2, -0.15) is 5.10 Å². The highest BCUT2D eigenvalue weighted by Gasteiger charge is 2.26. The lowest BCUT2D eigenvalue weighted by molar-refractivity contribution is 0.538. The fraction of sp³-hybridized carbons (Fsp3) is 0.667. The average Bonchev–Trinajstić information content (AvgIpc) is 2.70. The van der Waals surface area contributed by atoms with Gasteiger partial charge in [-0.25, -0.2) is 4.98 Å². The van der Waals surface area contributed by atoms with Crippen molar-refractivity contribution in [3.8, 4) is 0 Å². The molecule has 0 radical (unpaired) electrons. The second-order valence-corrected chi connectivity index (χ2v) is 5.56. The van der Waals surface area contributed by atoms with Crippen LogP contribution in [0.5, 0.6) is 0 Å². The Bertz CT molecular complexity index is 411. The standard InChI is InChI=1S/C12H20N4/c1-12(2,3)11-14-10(16(4)15-11)8-5-6-9(13)7-8/h5-6,8-9H,7,13H2,1-4H3. The zero-order chi connectivity index (χ0) is 11.9. The van der Waals surface area contributed by atoms with Gasteiger partial charge in [-0.3, -0.25) is 4.68 Å². The van der Waals surface area contributed by atoms with Crippen LogP contribution in [-0.2, 0) is 12.5 Å². The SMILES string of the molecule is Cn1nc(C(C)(C)C)nc1C1C=CC(N)C1. The topological polar surface area (TPSA) is 56.7 Å². The normalized spacial score (nSPS) is 25.3. The van der Waals surface area contributed by atoms with E-state index in [0.717, 1.165) is 18.1 Å². The summed E-state index contributed by atoms with van der Waals surface area (Å²) < 4.78 is 1.88. The van der Waals surface area contributed by atoms with Gasteiger partial charge in [0.15, 0.2) is 5.82 Å². The summed E-state index contributed by atoms with van der Waals surface area (Å²) in [5.41, 5.74) is 5.86. The van der Waals surface area contributed by atoms with Crippen LogP contribution in [0.25, 0.3) is 0 Å². The molecule has 0 saturated heterocycles. The zero-order valence-corrected chi connectivity index (χ0v) is 10.4. The van der Waals surface area contributed by atoms with Crippen LogP contribution in [0, 0.1) is 0 Å². The average molecular weight is 220 g/mol. The number of nitrogens with two attached hydrogens (primary N) is 1. The zero-order valence-electron chi connectivity index (χ0n) is 10.4. The van der Waals surface area contributed by atoms with Crippen molar-refractivity contribution in [2.45, 2.75) is 44.6 Å². The van der Waals surface area contributed by atoms with E-state index in [-0.39, 0.29) is 11.5 Å². The van der Waals surface area contributed by atoms with E-state index in [9.17, 15) is 0 Å². The molecule has 2 N–H and O–H groups in total. The summed E-state index contributed by atoms with van der Waals surface area (Å²) in [6.07, 6.45) is 5.13. The van der Waals surface area contributed by atoms with E-state index in [1.54, 1.807) is 0 Å². The van der Waals surface area contributed by atoms with E-state index in [4.69, 9.17) is 5.73 Å². The largest absolute Gasteiger partial charge is 0.324 e. The maximum absolute atomic E-state index is 5.86. The molecule has 16 heavy (non-hydrogen) atoms. The monoisotopic (exact) mass is 220 g/mol. The van der Waals surface area contributed by atoms with E-state index in [1.807, 2.05) is 11.7 Å². The van der Waals surface area contributed by atoms with Crippen molar-refractivity contribution in [1.29, 1.82) is 0 Å². The first-order chi connectivity index (χ1) is 7.38. The van der Waals surface area contributed by atoms with Crippen LogP contribution in [0.3, 0.4) is 0 Å². The third kappa shape index (κ3) is 2.02. The van der Waals surface area contributed by atoms with Gasteiger partial charge < -0.3 is 5.73 Å². The highest BCUT2D eigenvalue weighted by molar-refractivity contribution is 5.18. The number of aromatic nitrogens is 3. The number of allylic oxidation sites excluding steroid dienone is 1. The van der Waals surface area contributed by atoms with Crippen LogP contribution in [0.15, 0.2) is 12.2 Å². The molecule has 0 aliphatic heterocycles. The molecule has 2 unspecified atom stereocenters. The van der Waals surface area contributed by atoms with Gasteiger partial charge in [-0.15, -0.1) is 0 Å². The molecule has 0 spiro atoms. The predicted octanol–water partition coefficient (Wildman–Crippen LogP) is 1.48. The molecule has 0 fully saturated rings. The molecule has 0 bridgehead atoms. The first kappa shape index (κ1) is 11.3. The fourth-order valence-corrected chi connectivity index (χ4v) is 1.96. The maximum atomic E-state index is 5.86. The molecule has 4 nitrogen and oxygen atoms in total. The molecule has 1 aliphatic carbocycles. The Morgan fingerprint density at radius 1 is 1.38 bits per heavy atom. The summed E-state index contributed by atoms with van der Waals surface area (Å²) in [6, 6.07) is 0.166. The van der Waals surface area contributed by atoms with E-state index < -0.39 is 0 Å². The van der Waals surface area contributed by atoms with Crippen LogP contribution >= 0.6 is 0 Å². The maximum Gasteiger partial charge on any atom is 0.156 e. The van der Waals surface area contributed by atoms with Gasteiger partial charge in [0.2, 0.25) is 0 Å². The van der Waals surface area contributed by atoms with Crippen LogP contribution in [0.2, 0.25) is 0 Å². The Hall–Kier alpha value is -1.16. The quantitative estimate of drug-likeness (QED) is 0.729. The molecule has 0 saturated carbocycles. The lowest BCUT2D eigenvalue weighted by Crippen LogP contribution is -2.15. The Morgan fingerprint density at radius 3 is 2.50 bits per heavy atom. The molecule has 0 amide bonds. The minimum Gasteiger partial charge on any atom is -0.324 e. The number of aryl methyl sites for hydroxylation is 1. The molecular formula is C12H20N4. The first-order valence-corrected chi connectivity index (χ1v) is 5.73. The lowest BCUT2D eigenvalue weighted by Gasteiger charge is -2.12. The Balaban J connectivity index is 2.29. The highest BCUT2D eigenvalue weighted by Crippen LogP contribution is 2.28. The lowest BCUT2D eigenvalue weighted by atomic mass is 9.96. The van der Waals surface area contributed by atoms with Gasteiger partial charge in [0.1, 0.15) is 5.82 Å². The minimum atomic E-state index is 0.000441. The van der Waals surface area contributed by atoms with Crippen LogP contribution < -0.4 is 5.73 Å². The van der Waals surface area contributed by atoms with Gasteiger partial charge in [0.05, 0.1) is 0 Å². The van der Waals surface area contributed by atoms with Crippen LogP contribution in [0.4, 0.5) is 0 Å². The van der Waals surface area contributed by atoms with Gasteiger partial charge in [0, 0.05) is 24.4 Å². The molecule has 0 aromatic carbocycles. The first-order valence-electron chi connectivity index (χ1n) is 5.73. The summed E-state index contributed by atoms with van der Waals surface area (Å²) >= 11 is 0. The van der Waals surface area contributed by atoms with Gasteiger partial charge >= 0.3 is 0 Å². The summed E-state index contributed by atoms with van der Waals surface area (Å²) in [4.78, 5) is 4.64. The van der Waals surface area contributed by atoms with Crippen LogP contribution in [-0.4, -0.2) is 20.8 Å². The van der Waals surface area contributed by atoms with Crippen molar-refractivity contribution in [3.63, 3.8) is 0 Å². The Kier molecular flexibility index (Phi) is 2.62. The summed E-state index contributed by atoms with van der Waals surface area (Å²) in [5, 5.41) is 4.48. The Morgan fingerprint density at radius 2 is 2.06 bits per heavy atom.